The van der Waals surface area contributed by atoms with Crippen LogP contribution in [0.1, 0.15) is 11.1 Å². The standard InChI is InChI=1S/C14H12Br2O2S/c15-9-11-6-7-14(8-12(11)10-16)19(17,18)13-4-2-1-3-5-13/h1-8H,9-10H2. The normalized spacial score (nSPS) is 11.5. The first kappa shape index (κ1) is 14.8. The highest BCUT2D eigenvalue weighted by atomic mass is 79.9. The van der Waals surface area contributed by atoms with Crippen molar-refractivity contribution < 1.29 is 8.42 Å². The first-order chi connectivity index (χ1) is 9.09. The van der Waals surface area contributed by atoms with Crippen LogP contribution in [0.4, 0.5) is 0 Å². The summed E-state index contributed by atoms with van der Waals surface area (Å²) in [7, 11) is -3.43. The number of hydrogen-bond acceptors (Lipinski definition) is 2. The molecule has 5 heteroatoms. The monoisotopic (exact) mass is 402 g/mol. The lowest BCUT2D eigenvalue weighted by atomic mass is 10.1. The second-order valence-electron chi connectivity index (χ2n) is 4.01. The summed E-state index contributed by atoms with van der Waals surface area (Å²) >= 11 is 6.79. The van der Waals surface area contributed by atoms with Gasteiger partial charge in [0.15, 0.2) is 0 Å². The SMILES string of the molecule is O=S(=O)(c1ccccc1)c1ccc(CBr)c(CBr)c1. The molecule has 0 fully saturated rings. The molecule has 0 aliphatic rings. The maximum absolute atomic E-state index is 12.5. The van der Waals surface area contributed by atoms with Crippen molar-refractivity contribution in [2.45, 2.75) is 20.5 Å². The molecule has 0 aliphatic carbocycles. The molecular formula is C14H12Br2O2S. The second-order valence-corrected chi connectivity index (χ2v) is 7.09. The molecule has 100 valence electrons. The fourth-order valence-electron chi connectivity index (χ4n) is 1.76. The average Bonchev–Trinajstić information content (AvgIpc) is 2.47. The number of sulfone groups is 1. The topological polar surface area (TPSA) is 34.1 Å². The number of halogens is 2. The van der Waals surface area contributed by atoms with Crippen LogP contribution in [0.2, 0.25) is 0 Å². The van der Waals surface area contributed by atoms with Gasteiger partial charge in [0, 0.05) is 10.7 Å². The molecule has 0 unspecified atom stereocenters. The third kappa shape index (κ3) is 3.09. The van der Waals surface area contributed by atoms with Crippen molar-refractivity contribution in [2.24, 2.45) is 0 Å². The molecule has 0 radical (unpaired) electrons. The van der Waals surface area contributed by atoms with E-state index in [4.69, 9.17) is 0 Å². The molecule has 2 rings (SSSR count). The molecule has 0 atom stereocenters. The van der Waals surface area contributed by atoms with Crippen LogP contribution in [-0.4, -0.2) is 8.42 Å². The third-order valence-electron chi connectivity index (χ3n) is 2.83. The summed E-state index contributed by atoms with van der Waals surface area (Å²) in [6.07, 6.45) is 0. The van der Waals surface area contributed by atoms with Crippen LogP contribution in [-0.2, 0) is 20.5 Å². The van der Waals surface area contributed by atoms with Gasteiger partial charge < -0.3 is 0 Å². The van der Waals surface area contributed by atoms with E-state index in [0.717, 1.165) is 11.1 Å². The van der Waals surface area contributed by atoms with Crippen molar-refractivity contribution >= 4 is 41.7 Å². The van der Waals surface area contributed by atoms with Crippen molar-refractivity contribution in [3.63, 3.8) is 0 Å². The molecule has 0 saturated carbocycles. The van der Waals surface area contributed by atoms with E-state index < -0.39 is 9.84 Å². The number of alkyl halides is 2. The van der Waals surface area contributed by atoms with Crippen molar-refractivity contribution in [2.75, 3.05) is 0 Å². The van der Waals surface area contributed by atoms with Crippen LogP contribution in [0.25, 0.3) is 0 Å². The summed E-state index contributed by atoms with van der Waals surface area (Å²) in [6.45, 7) is 0. The molecule has 0 aromatic heterocycles. The Kier molecular flexibility index (Phi) is 4.81. The minimum Gasteiger partial charge on any atom is -0.219 e. The summed E-state index contributed by atoms with van der Waals surface area (Å²) in [5.41, 5.74) is 2.07. The molecule has 0 amide bonds. The third-order valence-corrected chi connectivity index (χ3v) is 5.80. The van der Waals surface area contributed by atoms with Gasteiger partial charge in [0.05, 0.1) is 9.79 Å². The van der Waals surface area contributed by atoms with Crippen LogP contribution in [0.3, 0.4) is 0 Å². The Hall–Kier alpha value is -0.650. The molecule has 2 nitrogen and oxygen atoms in total. The van der Waals surface area contributed by atoms with Gasteiger partial charge in [-0.3, -0.25) is 0 Å². The van der Waals surface area contributed by atoms with Gasteiger partial charge in [0.25, 0.3) is 0 Å². The molecule has 2 aromatic rings. The molecular weight excluding hydrogens is 392 g/mol. The lowest BCUT2D eigenvalue weighted by Gasteiger charge is -2.09. The highest BCUT2D eigenvalue weighted by Crippen LogP contribution is 2.25. The minimum absolute atomic E-state index is 0.321. The van der Waals surface area contributed by atoms with E-state index in [-0.39, 0.29) is 0 Å². The summed E-state index contributed by atoms with van der Waals surface area (Å²) in [5, 5.41) is 1.34. The average molecular weight is 404 g/mol. The molecule has 0 heterocycles. The zero-order chi connectivity index (χ0) is 13.9. The van der Waals surface area contributed by atoms with Gasteiger partial charge in [-0.1, -0.05) is 56.1 Å². The molecule has 0 N–H and O–H groups in total. The summed E-state index contributed by atoms with van der Waals surface area (Å²) in [4.78, 5) is 0.653. The Labute approximate surface area is 130 Å². The molecule has 19 heavy (non-hydrogen) atoms. The first-order valence-electron chi connectivity index (χ1n) is 5.63. The molecule has 0 spiro atoms. The highest BCUT2D eigenvalue weighted by molar-refractivity contribution is 9.09. The van der Waals surface area contributed by atoms with Gasteiger partial charge in [0.2, 0.25) is 9.84 Å². The van der Waals surface area contributed by atoms with Crippen molar-refractivity contribution in [3.8, 4) is 0 Å². The molecule has 0 saturated heterocycles. The number of hydrogen-bond donors (Lipinski definition) is 0. The van der Waals surface area contributed by atoms with Gasteiger partial charge in [0.1, 0.15) is 0 Å². The largest absolute Gasteiger partial charge is 0.219 e. The lowest BCUT2D eigenvalue weighted by molar-refractivity contribution is 0.596. The molecule has 2 aromatic carbocycles. The number of benzene rings is 2. The van der Waals surface area contributed by atoms with Crippen LogP contribution in [0.5, 0.6) is 0 Å². The predicted molar refractivity (Wildman–Crippen MR) is 83.6 cm³/mol. The quantitative estimate of drug-likeness (QED) is 0.712. The minimum atomic E-state index is -3.43. The maximum atomic E-state index is 12.5. The van der Waals surface area contributed by atoms with Gasteiger partial charge in [-0.2, -0.15) is 0 Å². The van der Waals surface area contributed by atoms with Crippen molar-refractivity contribution in [1.82, 2.24) is 0 Å². The van der Waals surface area contributed by atoms with Crippen molar-refractivity contribution in [3.05, 3.63) is 59.7 Å². The fraction of sp³-hybridized carbons (Fsp3) is 0.143. The summed E-state index contributed by atoms with van der Waals surface area (Å²) in [6, 6.07) is 13.7. The van der Waals surface area contributed by atoms with E-state index in [1.165, 1.54) is 0 Å². The van der Waals surface area contributed by atoms with Crippen LogP contribution >= 0.6 is 31.9 Å². The van der Waals surface area contributed by atoms with Gasteiger partial charge in [-0.05, 0) is 35.4 Å². The fourth-order valence-corrected chi connectivity index (χ4v) is 4.16. The highest BCUT2D eigenvalue weighted by Gasteiger charge is 2.18. The van der Waals surface area contributed by atoms with E-state index >= 15 is 0 Å². The van der Waals surface area contributed by atoms with Crippen molar-refractivity contribution in [1.29, 1.82) is 0 Å². The molecule has 0 aliphatic heterocycles. The maximum Gasteiger partial charge on any atom is 0.206 e. The lowest BCUT2D eigenvalue weighted by Crippen LogP contribution is -2.03. The second kappa shape index (κ2) is 6.20. The number of rotatable bonds is 4. The van der Waals surface area contributed by atoms with Gasteiger partial charge in [-0.15, -0.1) is 0 Å². The Morgan fingerprint density at radius 3 is 2.00 bits per heavy atom. The van der Waals surface area contributed by atoms with Crippen LogP contribution in [0.15, 0.2) is 58.3 Å². The van der Waals surface area contributed by atoms with Gasteiger partial charge >= 0.3 is 0 Å². The van der Waals surface area contributed by atoms with Crippen LogP contribution < -0.4 is 0 Å². The summed E-state index contributed by atoms with van der Waals surface area (Å²) < 4.78 is 24.9. The first-order valence-corrected chi connectivity index (χ1v) is 9.36. The van der Waals surface area contributed by atoms with Gasteiger partial charge in [-0.25, -0.2) is 8.42 Å². The van der Waals surface area contributed by atoms with Crippen LogP contribution in [0, 0.1) is 0 Å². The van der Waals surface area contributed by atoms with E-state index in [2.05, 4.69) is 31.9 Å². The predicted octanol–water partition coefficient (Wildman–Crippen LogP) is 4.31. The van der Waals surface area contributed by atoms with E-state index in [0.29, 0.717) is 20.5 Å². The Bertz CT molecular complexity index is 667. The Balaban J connectivity index is 2.53. The van der Waals surface area contributed by atoms with E-state index in [1.54, 1.807) is 42.5 Å². The Morgan fingerprint density at radius 2 is 1.42 bits per heavy atom. The Morgan fingerprint density at radius 1 is 0.789 bits per heavy atom. The summed E-state index contributed by atoms with van der Waals surface area (Å²) in [5.74, 6) is 0. The van der Waals surface area contributed by atoms with E-state index in [9.17, 15) is 8.42 Å². The zero-order valence-electron chi connectivity index (χ0n) is 10.0. The van der Waals surface area contributed by atoms with E-state index in [1.807, 2.05) is 6.07 Å². The smallest absolute Gasteiger partial charge is 0.206 e. The molecule has 0 bridgehead atoms. The zero-order valence-corrected chi connectivity index (χ0v) is 14.0.